The number of hydrogen-bond donors (Lipinski definition) is 1. The van der Waals surface area contributed by atoms with Crippen LogP contribution in [0, 0.1) is 0 Å². The molecule has 0 saturated heterocycles. The van der Waals surface area contributed by atoms with Gasteiger partial charge in [0.2, 0.25) is 0 Å². The molecule has 0 aliphatic carbocycles. The van der Waals surface area contributed by atoms with Crippen LogP contribution in [-0.2, 0) is 6.42 Å². The second-order valence-electron chi connectivity index (χ2n) is 3.22. The molecule has 0 spiro atoms. The van der Waals surface area contributed by atoms with E-state index < -0.39 is 0 Å². The first-order valence-corrected chi connectivity index (χ1v) is 5.34. The lowest BCUT2D eigenvalue weighted by Gasteiger charge is -2.04. The normalized spacial score (nSPS) is 10.1. The molecule has 0 saturated carbocycles. The van der Waals surface area contributed by atoms with Gasteiger partial charge in [0, 0.05) is 24.9 Å². The Balaban J connectivity index is 1.85. The van der Waals surface area contributed by atoms with Crippen molar-refractivity contribution in [1.29, 1.82) is 0 Å². The van der Waals surface area contributed by atoms with Crippen LogP contribution in [0.15, 0.2) is 36.8 Å². The maximum Gasteiger partial charge on any atom is 0.149 e. The van der Waals surface area contributed by atoms with E-state index in [2.05, 4.69) is 20.3 Å². The lowest BCUT2D eigenvalue weighted by Crippen LogP contribution is -2.07. The topological polar surface area (TPSA) is 50.7 Å². The lowest BCUT2D eigenvalue weighted by molar-refractivity contribution is 0.951. The van der Waals surface area contributed by atoms with Crippen LogP contribution in [0.25, 0.3) is 0 Å². The number of rotatable bonds is 4. The molecule has 0 aliphatic heterocycles. The molecule has 4 nitrogen and oxygen atoms in total. The third kappa shape index (κ3) is 3.17. The molecule has 16 heavy (non-hydrogen) atoms. The maximum atomic E-state index is 5.71. The molecule has 5 heteroatoms. The second-order valence-corrected chi connectivity index (χ2v) is 3.61. The van der Waals surface area contributed by atoms with Gasteiger partial charge in [0.15, 0.2) is 0 Å². The SMILES string of the molecule is Clc1cncc(NCCc2ccccn2)n1. The molecule has 2 heterocycles. The van der Waals surface area contributed by atoms with Crippen molar-refractivity contribution in [2.24, 2.45) is 0 Å². The van der Waals surface area contributed by atoms with Crippen molar-refractivity contribution in [3.8, 4) is 0 Å². The summed E-state index contributed by atoms with van der Waals surface area (Å²) in [6, 6.07) is 5.87. The van der Waals surface area contributed by atoms with Crippen molar-refractivity contribution in [3.63, 3.8) is 0 Å². The van der Waals surface area contributed by atoms with Gasteiger partial charge in [0.25, 0.3) is 0 Å². The fourth-order valence-corrected chi connectivity index (χ4v) is 1.44. The summed E-state index contributed by atoms with van der Waals surface area (Å²) >= 11 is 5.71. The Labute approximate surface area is 98.7 Å². The first-order valence-electron chi connectivity index (χ1n) is 4.96. The minimum atomic E-state index is 0.392. The summed E-state index contributed by atoms with van der Waals surface area (Å²) in [7, 11) is 0. The van der Waals surface area contributed by atoms with Gasteiger partial charge in [-0.2, -0.15) is 0 Å². The van der Waals surface area contributed by atoms with Gasteiger partial charge in [0.1, 0.15) is 11.0 Å². The Bertz CT molecular complexity index is 447. The van der Waals surface area contributed by atoms with E-state index in [1.54, 1.807) is 12.4 Å². The highest BCUT2D eigenvalue weighted by Crippen LogP contribution is 2.06. The van der Waals surface area contributed by atoms with Crippen LogP contribution in [0.5, 0.6) is 0 Å². The highest BCUT2D eigenvalue weighted by atomic mass is 35.5. The van der Waals surface area contributed by atoms with Crippen LogP contribution in [0.2, 0.25) is 5.15 Å². The van der Waals surface area contributed by atoms with E-state index in [1.165, 1.54) is 6.20 Å². The third-order valence-electron chi connectivity index (χ3n) is 2.02. The van der Waals surface area contributed by atoms with E-state index in [0.717, 1.165) is 18.7 Å². The van der Waals surface area contributed by atoms with Crippen LogP contribution in [0.1, 0.15) is 5.69 Å². The van der Waals surface area contributed by atoms with E-state index in [-0.39, 0.29) is 0 Å². The van der Waals surface area contributed by atoms with Crippen molar-refractivity contribution in [3.05, 3.63) is 47.6 Å². The van der Waals surface area contributed by atoms with E-state index >= 15 is 0 Å². The number of nitrogens with one attached hydrogen (secondary N) is 1. The van der Waals surface area contributed by atoms with E-state index in [9.17, 15) is 0 Å². The minimum absolute atomic E-state index is 0.392. The molecule has 0 bridgehead atoms. The van der Waals surface area contributed by atoms with Gasteiger partial charge in [-0.25, -0.2) is 4.98 Å². The monoisotopic (exact) mass is 234 g/mol. The summed E-state index contributed by atoms with van der Waals surface area (Å²) in [5.41, 5.74) is 1.05. The molecule has 0 atom stereocenters. The zero-order valence-corrected chi connectivity index (χ0v) is 9.35. The maximum absolute atomic E-state index is 5.71. The standard InChI is InChI=1S/C11H11ClN4/c12-10-7-13-8-11(16-10)15-6-4-9-3-1-2-5-14-9/h1-3,5,7-8H,4,6H2,(H,15,16). The zero-order valence-electron chi connectivity index (χ0n) is 8.60. The largest absolute Gasteiger partial charge is 0.368 e. The second kappa shape index (κ2) is 5.42. The number of nitrogens with zero attached hydrogens (tertiary/aromatic N) is 3. The van der Waals surface area contributed by atoms with Crippen molar-refractivity contribution in [1.82, 2.24) is 15.0 Å². The smallest absolute Gasteiger partial charge is 0.149 e. The van der Waals surface area contributed by atoms with Gasteiger partial charge in [-0.05, 0) is 12.1 Å². The van der Waals surface area contributed by atoms with Gasteiger partial charge in [-0.15, -0.1) is 0 Å². The lowest BCUT2D eigenvalue weighted by atomic mass is 10.3. The fraction of sp³-hybridized carbons (Fsp3) is 0.182. The molecule has 0 aromatic carbocycles. The fourth-order valence-electron chi connectivity index (χ4n) is 1.29. The Morgan fingerprint density at radius 2 is 2.19 bits per heavy atom. The van der Waals surface area contributed by atoms with Crippen molar-refractivity contribution >= 4 is 17.4 Å². The minimum Gasteiger partial charge on any atom is -0.368 e. The molecule has 2 rings (SSSR count). The van der Waals surface area contributed by atoms with Gasteiger partial charge >= 0.3 is 0 Å². The summed E-state index contributed by atoms with van der Waals surface area (Å²) in [5, 5.41) is 3.53. The number of halogens is 1. The molecule has 0 radical (unpaired) electrons. The molecule has 2 aromatic heterocycles. The Morgan fingerprint density at radius 1 is 1.25 bits per heavy atom. The summed E-state index contributed by atoms with van der Waals surface area (Å²) in [6.45, 7) is 0.756. The predicted molar refractivity (Wildman–Crippen MR) is 63.5 cm³/mol. The molecule has 1 N–H and O–H groups in total. The quantitative estimate of drug-likeness (QED) is 0.881. The number of pyridine rings is 1. The van der Waals surface area contributed by atoms with Crippen LogP contribution < -0.4 is 5.32 Å². The van der Waals surface area contributed by atoms with E-state index in [4.69, 9.17) is 11.6 Å². The Morgan fingerprint density at radius 3 is 2.94 bits per heavy atom. The molecule has 0 amide bonds. The van der Waals surface area contributed by atoms with E-state index in [0.29, 0.717) is 11.0 Å². The molecule has 0 fully saturated rings. The van der Waals surface area contributed by atoms with Crippen LogP contribution >= 0.6 is 11.6 Å². The molecule has 2 aromatic rings. The first-order chi connectivity index (χ1) is 7.84. The highest BCUT2D eigenvalue weighted by Gasteiger charge is 1.96. The molecule has 0 aliphatic rings. The molecular weight excluding hydrogens is 224 g/mol. The van der Waals surface area contributed by atoms with Crippen molar-refractivity contribution in [2.45, 2.75) is 6.42 Å². The molecule has 82 valence electrons. The zero-order chi connectivity index (χ0) is 11.2. The third-order valence-corrected chi connectivity index (χ3v) is 2.20. The van der Waals surface area contributed by atoms with E-state index in [1.807, 2.05) is 18.2 Å². The van der Waals surface area contributed by atoms with Gasteiger partial charge < -0.3 is 5.32 Å². The predicted octanol–water partition coefficient (Wildman–Crippen LogP) is 2.18. The van der Waals surface area contributed by atoms with Gasteiger partial charge in [-0.3, -0.25) is 9.97 Å². The average Bonchev–Trinajstić information content (AvgIpc) is 2.30. The molecule has 0 unspecified atom stereocenters. The number of aromatic nitrogens is 3. The molecular formula is C11H11ClN4. The van der Waals surface area contributed by atoms with Crippen molar-refractivity contribution < 1.29 is 0 Å². The highest BCUT2D eigenvalue weighted by molar-refractivity contribution is 6.29. The van der Waals surface area contributed by atoms with Gasteiger partial charge in [-0.1, -0.05) is 17.7 Å². The van der Waals surface area contributed by atoms with Crippen molar-refractivity contribution in [2.75, 3.05) is 11.9 Å². The van der Waals surface area contributed by atoms with Gasteiger partial charge in [0.05, 0.1) is 12.4 Å². The average molecular weight is 235 g/mol. The first kappa shape index (κ1) is 10.8. The summed E-state index contributed by atoms with van der Waals surface area (Å²) in [4.78, 5) is 12.2. The Hall–Kier alpha value is -1.68. The number of hydrogen-bond acceptors (Lipinski definition) is 4. The van der Waals surface area contributed by atoms with Crippen LogP contribution in [-0.4, -0.2) is 21.5 Å². The summed E-state index contributed by atoms with van der Waals surface area (Å²) in [6.07, 6.45) is 5.78. The van der Waals surface area contributed by atoms with Crippen LogP contribution in [0.3, 0.4) is 0 Å². The Kier molecular flexibility index (Phi) is 3.66. The summed E-state index contributed by atoms with van der Waals surface area (Å²) < 4.78 is 0. The van der Waals surface area contributed by atoms with Crippen LogP contribution in [0.4, 0.5) is 5.82 Å². The summed E-state index contributed by atoms with van der Waals surface area (Å²) in [5.74, 6) is 0.684. The number of anilines is 1.